The molecule has 1 aliphatic carbocycles. The lowest BCUT2D eigenvalue weighted by atomic mass is 10.1. The van der Waals surface area contributed by atoms with E-state index < -0.39 is 9.75 Å². The number of hydrogen-bond acceptors (Lipinski definition) is 1. The van der Waals surface area contributed by atoms with Crippen LogP contribution in [0.2, 0.25) is 0 Å². The summed E-state index contributed by atoms with van der Waals surface area (Å²) in [6, 6.07) is 0. The molecular formula is C11H19Cl2NO. The van der Waals surface area contributed by atoms with Gasteiger partial charge in [-0.2, -0.15) is 0 Å². The van der Waals surface area contributed by atoms with Gasteiger partial charge in [-0.05, 0) is 26.2 Å². The SMILES string of the molecule is CCCN(CCC)C(=O)C1(C)CC1(Cl)Cl. The van der Waals surface area contributed by atoms with Gasteiger partial charge >= 0.3 is 0 Å². The second-order valence-electron chi connectivity index (χ2n) is 4.51. The molecule has 1 unspecified atom stereocenters. The van der Waals surface area contributed by atoms with Crippen LogP contribution in [0.5, 0.6) is 0 Å². The highest BCUT2D eigenvalue weighted by Crippen LogP contribution is 2.64. The Balaban J connectivity index is 2.65. The zero-order chi connectivity index (χ0) is 11.7. The molecule has 1 fully saturated rings. The van der Waals surface area contributed by atoms with E-state index in [1.165, 1.54) is 0 Å². The Morgan fingerprint density at radius 3 is 1.93 bits per heavy atom. The van der Waals surface area contributed by atoms with Gasteiger partial charge in [-0.15, -0.1) is 23.2 Å². The number of amides is 1. The van der Waals surface area contributed by atoms with Crippen molar-refractivity contribution in [1.82, 2.24) is 4.90 Å². The van der Waals surface area contributed by atoms with Gasteiger partial charge in [0, 0.05) is 13.1 Å². The molecule has 0 N–H and O–H groups in total. The van der Waals surface area contributed by atoms with Gasteiger partial charge in [0.15, 0.2) is 0 Å². The molecule has 1 aliphatic rings. The Bertz CT molecular complexity index is 249. The molecule has 0 aromatic heterocycles. The van der Waals surface area contributed by atoms with Gasteiger partial charge in [-0.25, -0.2) is 0 Å². The second kappa shape index (κ2) is 4.50. The largest absolute Gasteiger partial charge is 0.342 e. The van der Waals surface area contributed by atoms with Gasteiger partial charge in [0.05, 0.1) is 5.41 Å². The predicted molar refractivity (Wildman–Crippen MR) is 64.3 cm³/mol. The maximum absolute atomic E-state index is 12.2. The fourth-order valence-electron chi connectivity index (χ4n) is 1.84. The van der Waals surface area contributed by atoms with Crippen molar-refractivity contribution in [2.75, 3.05) is 13.1 Å². The van der Waals surface area contributed by atoms with E-state index in [2.05, 4.69) is 13.8 Å². The normalized spacial score (nSPS) is 27.5. The van der Waals surface area contributed by atoms with Crippen LogP contribution in [0.4, 0.5) is 0 Å². The predicted octanol–water partition coefficient (Wildman–Crippen LogP) is 3.22. The van der Waals surface area contributed by atoms with Crippen molar-refractivity contribution in [3.8, 4) is 0 Å². The smallest absolute Gasteiger partial charge is 0.231 e. The minimum absolute atomic E-state index is 0.108. The molecule has 1 rings (SSSR count). The third-order valence-electron chi connectivity index (χ3n) is 3.00. The Kier molecular flexibility index (Phi) is 3.94. The fourth-order valence-corrected chi connectivity index (χ4v) is 2.53. The lowest BCUT2D eigenvalue weighted by Crippen LogP contribution is -2.39. The monoisotopic (exact) mass is 251 g/mol. The molecule has 1 amide bonds. The molecule has 0 heterocycles. The standard InChI is InChI=1S/C11H19Cl2NO/c1-4-6-14(7-5-2)9(15)10(3)8-11(10,12)13/h4-8H2,1-3H3. The highest BCUT2D eigenvalue weighted by molar-refractivity contribution is 6.53. The zero-order valence-corrected chi connectivity index (χ0v) is 11.2. The van der Waals surface area contributed by atoms with E-state index >= 15 is 0 Å². The van der Waals surface area contributed by atoms with Crippen molar-refractivity contribution in [3.63, 3.8) is 0 Å². The Labute approximate surface area is 102 Å². The van der Waals surface area contributed by atoms with Crippen molar-refractivity contribution in [3.05, 3.63) is 0 Å². The van der Waals surface area contributed by atoms with Crippen LogP contribution in [0.15, 0.2) is 0 Å². The summed E-state index contributed by atoms with van der Waals surface area (Å²) in [5, 5.41) is 0. The van der Waals surface area contributed by atoms with E-state index in [9.17, 15) is 4.79 Å². The molecule has 0 aromatic rings. The van der Waals surface area contributed by atoms with Crippen LogP contribution in [-0.2, 0) is 4.79 Å². The average Bonchev–Trinajstić information content (AvgIpc) is 2.66. The molecule has 0 bridgehead atoms. The first kappa shape index (κ1) is 13.1. The maximum atomic E-state index is 12.2. The zero-order valence-electron chi connectivity index (χ0n) is 9.65. The quantitative estimate of drug-likeness (QED) is 0.688. The number of hydrogen-bond donors (Lipinski definition) is 0. The molecule has 0 saturated heterocycles. The first-order valence-corrected chi connectivity index (χ1v) is 6.32. The van der Waals surface area contributed by atoms with Crippen LogP contribution in [0.25, 0.3) is 0 Å². The van der Waals surface area contributed by atoms with E-state index in [0.717, 1.165) is 25.9 Å². The molecule has 1 atom stereocenters. The van der Waals surface area contributed by atoms with Crippen molar-refractivity contribution in [1.29, 1.82) is 0 Å². The Morgan fingerprint density at radius 1 is 1.27 bits per heavy atom. The summed E-state index contributed by atoms with van der Waals surface area (Å²) in [7, 11) is 0. The highest BCUT2D eigenvalue weighted by Gasteiger charge is 2.68. The lowest BCUT2D eigenvalue weighted by Gasteiger charge is -2.25. The summed E-state index contributed by atoms with van der Waals surface area (Å²) in [6.45, 7) is 7.59. The summed E-state index contributed by atoms with van der Waals surface area (Å²) in [5.41, 5.74) is -0.555. The van der Waals surface area contributed by atoms with Gasteiger partial charge in [-0.1, -0.05) is 13.8 Å². The number of alkyl halides is 2. The van der Waals surface area contributed by atoms with Crippen LogP contribution in [-0.4, -0.2) is 28.2 Å². The third-order valence-corrected chi connectivity index (χ3v) is 4.11. The molecule has 15 heavy (non-hydrogen) atoms. The molecular weight excluding hydrogens is 233 g/mol. The summed E-state index contributed by atoms with van der Waals surface area (Å²) < 4.78 is -0.843. The van der Waals surface area contributed by atoms with E-state index in [0.29, 0.717) is 6.42 Å². The van der Waals surface area contributed by atoms with E-state index in [4.69, 9.17) is 23.2 Å². The number of halogens is 2. The molecule has 0 aliphatic heterocycles. The highest BCUT2D eigenvalue weighted by atomic mass is 35.5. The van der Waals surface area contributed by atoms with Crippen molar-refractivity contribution < 1.29 is 4.79 Å². The minimum atomic E-state index is -0.843. The Hall–Kier alpha value is 0.0500. The molecule has 0 radical (unpaired) electrons. The fraction of sp³-hybridized carbons (Fsp3) is 0.909. The van der Waals surface area contributed by atoms with Crippen molar-refractivity contribution in [2.24, 2.45) is 5.41 Å². The van der Waals surface area contributed by atoms with Gasteiger partial charge in [0.2, 0.25) is 5.91 Å². The molecule has 4 heteroatoms. The second-order valence-corrected chi connectivity index (χ2v) is 5.99. The third kappa shape index (κ3) is 2.42. The van der Waals surface area contributed by atoms with Crippen LogP contribution < -0.4 is 0 Å². The van der Waals surface area contributed by atoms with Crippen LogP contribution in [0.1, 0.15) is 40.0 Å². The molecule has 2 nitrogen and oxygen atoms in total. The lowest BCUT2D eigenvalue weighted by molar-refractivity contribution is -0.136. The first-order valence-electron chi connectivity index (χ1n) is 5.56. The van der Waals surface area contributed by atoms with E-state index in [-0.39, 0.29) is 5.91 Å². The molecule has 0 spiro atoms. The molecule has 0 aromatic carbocycles. The van der Waals surface area contributed by atoms with E-state index in [1.54, 1.807) is 0 Å². The summed E-state index contributed by atoms with van der Waals surface area (Å²) in [5.74, 6) is 0.108. The summed E-state index contributed by atoms with van der Waals surface area (Å²) in [6.07, 6.45) is 2.52. The van der Waals surface area contributed by atoms with Crippen LogP contribution in [0.3, 0.4) is 0 Å². The number of carbonyl (C=O) groups excluding carboxylic acids is 1. The van der Waals surface area contributed by atoms with Crippen molar-refractivity contribution in [2.45, 2.75) is 44.4 Å². The van der Waals surface area contributed by atoms with Gasteiger partial charge < -0.3 is 4.90 Å². The number of nitrogens with zero attached hydrogens (tertiary/aromatic N) is 1. The van der Waals surface area contributed by atoms with Crippen molar-refractivity contribution >= 4 is 29.1 Å². The first-order chi connectivity index (χ1) is 6.89. The average molecular weight is 252 g/mol. The summed E-state index contributed by atoms with van der Waals surface area (Å²) in [4.78, 5) is 14.1. The Morgan fingerprint density at radius 2 is 1.67 bits per heavy atom. The summed E-state index contributed by atoms with van der Waals surface area (Å²) >= 11 is 12.0. The van der Waals surface area contributed by atoms with Gasteiger partial charge in [0.1, 0.15) is 4.33 Å². The maximum Gasteiger partial charge on any atom is 0.231 e. The van der Waals surface area contributed by atoms with E-state index in [1.807, 2.05) is 11.8 Å². The minimum Gasteiger partial charge on any atom is -0.342 e. The number of rotatable bonds is 5. The van der Waals surface area contributed by atoms with Crippen LogP contribution in [0, 0.1) is 5.41 Å². The van der Waals surface area contributed by atoms with Gasteiger partial charge in [0.25, 0.3) is 0 Å². The molecule has 88 valence electrons. The van der Waals surface area contributed by atoms with Gasteiger partial charge in [-0.3, -0.25) is 4.79 Å². The molecule has 1 saturated carbocycles. The van der Waals surface area contributed by atoms with Crippen LogP contribution >= 0.6 is 23.2 Å². The number of carbonyl (C=O) groups is 1. The topological polar surface area (TPSA) is 20.3 Å².